The van der Waals surface area contributed by atoms with E-state index in [-0.39, 0.29) is 26.1 Å². The van der Waals surface area contributed by atoms with Crippen LogP contribution in [0.5, 0.6) is 0 Å². The van der Waals surface area contributed by atoms with Crippen molar-refractivity contribution < 1.29 is 31.9 Å². The van der Waals surface area contributed by atoms with Crippen LogP contribution in [-0.2, 0) is 14.3 Å². The maximum absolute atomic E-state index is 12.9. The number of nitrogens with one attached hydrogen (secondary N) is 1. The highest BCUT2D eigenvalue weighted by atomic mass is 35.5. The molecule has 1 aliphatic rings. The first kappa shape index (κ1) is 16.2. The number of alkyl halides is 5. The van der Waals surface area contributed by atoms with Gasteiger partial charge in [-0.05, 0) is 0 Å². The molecule has 0 aromatic rings. The largest absolute Gasteiger partial charge is 0.383 e. The SMILES string of the molecule is O=C(CCl)C1(NC(=O)C(F)(F)C(F)F)CCOCC1. The maximum Gasteiger partial charge on any atom is 0.383 e. The molecule has 0 radical (unpaired) electrons. The Morgan fingerprint density at radius 2 is 1.84 bits per heavy atom. The Kier molecular flexibility index (Phi) is 5.14. The number of carbonyl (C=O) groups is 2. The summed E-state index contributed by atoms with van der Waals surface area (Å²) in [6.45, 7) is 0.0896. The highest BCUT2D eigenvalue weighted by Gasteiger charge is 2.52. The van der Waals surface area contributed by atoms with Gasteiger partial charge in [0, 0.05) is 26.1 Å². The zero-order valence-electron chi connectivity index (χ0n) is 9.73. The van der Waals surface area contributed by atoms with Crippen LogP contribution >= 0.6 is 11.6 Å². The van der Waals surface area contributed by atoms with E-state index in [1.807, 2.05) is 0 Å². The fourth-order valence-corrected chi connectivity index (χ4v) is 1.98. The van der Waals surface area contributed by atoms with Crippen LogP contribution in [0.4, 0.5) is 17.6 Å². The fourth-order valence-electron chi connectivity index (χ4n) is 1.72. The second-order valence-electron chi connectivity index (χ2n) is 4.13. The van der Waals surface area contributed by atoms with Crippen LogP contribution < -0.4 is 5.32 Å². The number of carbonyl (C=O) groups excluding carboxylic acids is 2. The van der Waals surface area contributed by atoms with Gasteiger partial charge < -0.3 is 10.1 Å². The number of rotatable bonds is 5. The number of ether oxygens (including phenoxy) is 1. The van der Waals surface area contributed by atoms with Gasteiger partial charge in [-0.2, -0.15) is 8.78 Å². The molecule has 0 aromatic heterocycles. The number of amides is 1. The smallest absolute Gasteiger partial charge is 0.381 e. The lowest BCUT2D eigenvalue weighted by Gasteiger charge is -2.36. The van der Waals surface area contributed by atoms with E-state index in [1.54, 1.807) is 5.32 Å². The van der Waals surface area contributed by atoms with Crippen molar-refractivity contribution >= 4 is 23.3 Å². The van der Waals surface area contributed by atoms with Crippen molar-refractivity contribution in [3.8, 4) is 0 Å². The Balaban J connectivity index is 2.90. The monoisotopic (exact) mass is 305 g/mol. The quantitative estimate of drug-likeness (QED) is 0.616. The van der Waals surface area contributed by atoms with E-state index in [2.05, 4.69) is 0 Å². The second kappa shape index (κ2) is 6.04. The molecule has 0 aliphatic carbocycles. The van der Waals surface area contributed by atoms with E-state index in [4.69, 9.17) is 16.3 Å². The molecule has 110 valence electrons. The Bertz CT molecular complexity index is 359. The number of halogens is 5. The molecule has 0 saturated carbocycles. The van der Waals surface area contributed by atoms with Gasteiger partial charge in [0.15, 0.2) is 5.78 Å². The van der Waals surface area contributed by atoms with Crippen LogP contribution in [0.2, 0.25) is 0 Å². The number of hydrogen-bond acceptors (Lipinski definition) is 3. The molecule has 0 aromatic carbocycles. The van der Waals surface area contributed by atoms with Crippen molar-refractivity contribution in [1.29, 1.82) is 0 Å². The highest BCUT2D eigenvalue weighted by molar-refractivity contribution is 6.29. The van der Waals surface area contributed by atoms with E-state index < -0.39 is 35.5 Å². The molecule has 0 bridgehead atoms. The lowest BCUT2D eigenvalue weighted by Crippen LogP contribution is -2.62. The van der Waals surface area contributed by atoms with Crippen LogP contribution in [0.1, 0.15) is 12.8 Å². The van der Waals surface area contributed by atoms with Crippen molar-refractivity contribution in [2.24, 2.45) is 0 Å². The molecule has 1 heterocycles. The lowest BCUT2D eigenvalue weighted by atomic mass is 9.86. The number of hydrogen-bond donors (Lipinski definition) is 1. The Morgan fingerprint density at radius 1 is 1.32 bits per heavy atom. The molecule has 1 amide bonds. The van der Waals surface area contributed by atoms with Crippen LogP contribution in [-0.4, -0.2) is 48.7 Å². The van der Waals surface area contributed by atoms with Gasteiger partial charge in [0.2, 0.25) is 0 Å². The topological polar surface area (TPSA) is 55.4 Å². The van der Waals surface area contributed by atoms with Crippen LogP contribution in [0, 0.1) is 0 Å². The summed E-state index contributed by atoms with van der Waals surface area (Å²) in [6, 6.07) is 0. The molecule has 1 saturated heterocycles. The van der Waals surface area contributed by atoms with Gasteiger partial charge in [-0.25, -0.2) is 8.78 Å². The zero-order chi connectivity index (χ0) is 14.7. The molecule has 0 spiro atoms. The minimum atomic E-state index is -4.85. The van der Waals surface area contributed by atoms with E-state index >= 15 is 0 Å². The first-order chi connectivity index (χ1) is 8.76. The summed E-state index contributed by atoms with van der Waals surface area (Å²) < 4.78 is 54.9. The van der Waals surface area contributed by atoms with E-state index in [9.17, 15) is 27.2 Å². The summed E-state index contributed by atoms with van der Waals surface area (Å²) in [4.78, 5) is 22.9. The molecular formula is C10H12ClF4NO3. The standard InChI is InChI=1S/C10H12ClF4NO3/c11-5-6(17)9(1-3-19-4-2-9)16-8(18)10(14,15)7(12)13/h7H,1-5H2,(H,16,18). The summed E-state index contributed by atoms with van der Waals surface area (Å²) in [7, 11) is 0. The van der Waals surface area contributed by atoms with Gasteiger partial charge in [-0.3, -0.25) is 9.59 Å². The highest BCUT2D eigenvalue weighted by Crippen LogP contribution is 2.28. The number of Topliss-reactive ketones (excluding diaryl/α,β-unsaturated/α-hetero) is 1. The Hall–Kier alpha value is -0.890. The summed E-state index contributed by atoms with van der Waals surface area (Å²) in [5, 5.41) is 1.72. The summed E-state index contributed by atoms with van der Waals surface area (Å²) >= 11 is 5.36. The average molecular weight is 306 g/mol. The Labute approximate surface area is 111 Å². The van der Waals surface area contributed by atoms with Crippen LogP contribution in [0.15, 0.2) is 0 Å². The van der Waals surface area contributed by atoms with Gasteiger partial charge >= 0.3 is 12.3 Å². The summed E-state index contributed by atoms with van der Waals surface area (Å²) in [5.41, 5.74) is -1.66. The van der Waals surface area contributed by atoms with Crippen molar-refractivity contribution in [2.75, 3.05) is 19.1 Å². The first-order valence-corrected chi connectivity index (χ1v) is 5.95. The van der Waals surface area contributed by atoms with E-state index in [0.29, 0.717) is 0 Å². The zero-order valence-corrected chi connectivity index (χ0v) is 10.5. The second-order valence-corrected chi connectivity index (χ2v) is 4.40. The van der Waals surface area contributed by atoms with Crippen molar-refractivity contribution in [1.82, 2.24) is 5.32 Å². The fraction of sp³-hybridized carbons (Fsp3) is 0.800. The van der Waals surface area contributed by atoms with Gasteiger partial charge in [0.05, 0.1) is 5.88 Å². The van der Waals surface area contributed by atoms with E-state index in [0.717, 1.165) is 0 Å². The summed E-state index contributed by atoms with van der Waals surface area (Å²) in [5.74, 6) is -8.24. The third-order valence-electron chi connectivity index (χ3n) is 2.93. The normalized spacial score (nSPS) is 19.3. The van der Waals surface area contributed by atoms with Crippen molar-refractivity contribution in [3.05, 3.63) is 0 Å². The maximum atomic E-state index is 12.9. The van der Waals surface area contributed by atoms with Crippen LogP contribution in [0.25, 0.3) is 0 Å². The van der Waals surface area contributed by atoms with Gasteiger partial charge in [-0.15, -0.1) is 11.6 Å². The van der Waals surface area contributed by atoms with Gasteiger partial charge in [0.25, 0.3) is 5.91 Å². The Morgan fingerprint density at radius 3 is 2.26 bits per heavy atom. The molecule has 1 fully saturated rings. The van der Waals surface area contributed by atoms with E-state index in [1.165, 1.54) is 0 Å². The molecule has 1 rings (SSSR count). The third-order valence-corrected chi connectivity index (χ3v) is 3.17. The number of ketones is 1. The van der Waals surface area contributed by atoms with Crippen molar-refractivity contribution in [3.63, 3.8) is 0 Å². The van der Waals surface area contributed by atoms with Gasteiger partial charge in [0.1, 0.15) is 5.54 Å². The first-order valence-electron chi connectivity index (χ1n) is 5.42. The van der Waals surface area contributed by atoms with Crippen molar-refractivity contribution in [2.45, 2.75) is 30.7 Å². The molecule has 9 heteroatoms. The predicted molar refractivity (Wildman–Crippen MR) is 57.6 cm³/mol. The minimum Gasteiger partial charge on any atom is -0.381 e. The molecule has 4 nitrogen and oxygen atoms in total. The summed E-state index contributed by atoms with van der Waals surface area (Å²) in [6.07, 6.45) is -4.30. The third kappa shape index (κ3) is 3.36. The molecule has 0 atom stereocenters. The lowest BCUT2D eigenvalue weighted by molar-refractivity contribution is -0.173. The predicted octanol–water partition coefficient (Wildman–Crippen LogP) is 1.36. The molecule has 1 N–H and O–H groups in total. The molecule has 0 unspecified atom stereocenters. The molecule has 1 aliphatic heterocycles. The average Bonchev–Trinajstić information content (AvgIpc) is 2.38. The van der Waals surface area contributed by atoms with Gasteiger partial charge in [-0.1, -0.05) is 0 Å². The van der Waals surface area contributed by atoms with Crippen LogP contribution in [0.3, 0.4) is 0 Å². The molecular weight excluding hydrogens is 294 g/mol. The minimum absolute atomic E-state index is 0.0448. The molecule has 19 heavy (non-hydrogen) atoms.